The monoisotopic (exact) mass is 347 g/mol. The molecule has 0 aliphatic rings. The molecule has 0 unspecified atom stereocenters. The van der Waals surface area contributed by atoms with Crippen molar-refractivity contribution in [3.8, 4) is 0 Å². The Hall–Kier alpha value is -3.48. The molecule has 0 radical (unpaired) electrons. The van der Waals surface area contributed by atoms with Crippen LogP contribution in [0.15, 0.2) is 53.7 Å². The van der Waals surface area contributed by atoms with Gasteiger partial charge in [0.2, 0.25) is 5.91 Å². The highest BCUT2D eigenvalue weighted by Crippen LogP contribution is 2.22. The van der Waals surface area contributed by atoms with Crippen LogP contribution in [0.2, 0.25) is 0 Å². The summed E-state index contributed by atoms with van der Waals surface area (Å²) in [6, 6.07) is 11.4. The van der Waals surface area contributed by atoms with E-state index < -0.39 is 0 Å². The van der Waals surface area contributed by atoms with Gasteiger partial charge in [-0.15, -0.1) is 0 Å². The molecule has 0 aliphatic heterocycles. The number of rotatable bonds is 4. The van der Waals surface area contributed by atoms with Crippen molar-refractivity contribution >= 4 is 27.8 Å². The van der Waals surface area contributed by atoms with Gasteiger partial charge in [-0.25, -0.2) is 4.98 Å². The van der Waals surface area contributed by atoms with E-state index in [2.05, 4.69) is 20.3 Å². The summed E-state index contributed by atoms with van der Waals surface area (Å²) in [5.74, 6) is -0.272. The molecule has 0 fully saturated rings. The van der Waals surface area contributed by atoms with E-state index in [1.165, 1.54) is 10.9 Å². The van der Waals surface area contributed by atoms with Crippen molar-refractivity contribution in [1.29, 1.82) is 0 Å². The number of amides is 1. The smallest absolute Gasteiger partial charge is 0.278 e. The Balaban J connectivity index is 1.59. The van der Waals surface area contributed by atoms with E-state index in [0.29, 0.717) is 17.6 Å². The van der Waals surface area contributed by atoms with Crippen LogP contribution in [0.4, 0.5) is 0 Å². The fourth-order valence-electron chi connectivity index (χ4n) is 2.92. The zero-order valence-electron chi connectivity index (χ0n) is 14.2. The highest BCUT2D eigenvalue weighted by atomic mass is 16.2. The molecule has 0 saturated heterocycles. The number of aromatic amines is 1. The van der Waals surface area contributed by atoms with Gasteiger partial charge in [-0.1, -0.05) is 17.7 Å². The van der Waals surface area contributed by atoms with E-state index in [-0.39, 0.29) is 18.0 Å². The minimum atomic E-state index is -0.272. The minimum absolute atomic E-state index is 0.0942. The summed E-state index contributed by atoms with van der Waals surface area (Å²) in [6.07, 6.45) is 3.09. The number of hydrogen-bond acceptors (Lipinski definition) is 4. The van der Waals surface area contributed by atoms with E-state index >= 15 is 0 Å². The summed E-state index contributed by atoms with van der Waals surface area (Å²) in [4.78, 5) is 36.5. The summed E-state index contributed by atoms with van der Waals surface area (Å²) in [5, 5.41) is 3.66. The van der Waals surface area contributed by atoms with Crippen LogP contribution in [0.3, 0.4) is 0 Å². The number of nitrogens with zero attached hydrogens (tertiary/aromatic N) is 3. The SMILES string of the molecule is Cc1ccc2[nH]c3c(=O)n(CC(=O)NCc4ccccn4)cnc3c2c1. The maximum atomic E-state index is 12.7. The molecule has 0 bridgehead atoms. The van der Waals surface area contributed by atoms with Crippen molar-refractivity contribution < 1.29 is 4.79 Å². The van der Waals surface area contributed by atoms with E-state index in [9.17, 15) is 9.59 Å². The maximum absolute atomic E-state index is 12.7. The van der Waals surface area contributed by atoms with Gasteiger partial charge in [-0.2, -0.15) is 0 Å². The van der Waals surface area contributed by atoms with Crippen molar-refractivity contribution in [1.82, 2.24) is 24.8 Å². The van der Waals surface area contributed by atoms with Gasteiger partial charge in [0, 0.05) is 17.1 Å². The molecular formula is C19H17N5O2. The first-order valence-electron chi connectivity index (χ1n) is 8.26. The molecule has 7 nitrogen and oxygen atoms in total. The molecule has 0 saturated carbocycles. The zero-order valence-corrected chi connectivity index (χ0v) is 14.2. The third-order valence-electron chi connectivity index (χ3n) is 4.23. The molecule has 0 aliphatic carbocycles. The molecule has 0 atom stereocenters. The number of pyridine rings is 1. The lowest BCUT2D eigenvalue weighted by Gasteiger charge is -2.06. The van der Waals surface area contributed by atoms with Crippen LogP contribution in [-0.4, -0.2) is 25.4 Å². The number of aryl methyl sites for hydroxylation is 1. The van der Waals surface area contributed by atoms with Crippen molar-refractivity contribution in [2.75, 3.05) is 0 Å². The maximum Gasteiger partial charge on any atom is 0.278 e. The third kappa shape index (κ3) is 2.95. The number of carbonyl (C=O) groups excluding carboxylic acids is 1. The van der Waals surface area contributed by atoms with Crippen LogP contribution in [0.25, 0.3) is 21.9 Å². The predicted molar refractivity (Wildman–Crippen MR) is 98.7 cm³/mol. The van der Waals surface area contributed by atoms with E-state index in [1.807, 2.05) is 43.3 Å². The molecule has 7 heteroatoms. The standard InChI is InChI=1S/C19H17N5O2/c1-12-5-6-15-14(8-12)17-18(23-15)19(26)24(11-22-17)10-16(25)21-9-13-4-2-3-7-20-13/h2-8,11,23H,9-10H2,1H3,(H,21,25). The molecule has 1 aromatic carbocycles. The predicted octanol–water partition coefficient (Wildman–Crippen LogP) is 1.90. The Labute approximate surface area is 148 Å². The summed E-state index contributed by atoms with van der Waals surface area (Å²) in [6.45, 7) is 2.21. The molecule has 3 aromatic heterocycles. The van der Waals surface area contributed by atoms with Gasteiger partial charge in [0.25, 0.3) is 5.56 Å². The van der Waals surface area contributed by atoms with Crippen LogP contribution in [0.1, 0.15) is 11.3 Å². The van der Waals surface area contributed by atoms with E-state index in [1.54, 1.807) is 6.20 Å². The summed E-state index contributed by atoms with van der Waals surface area (Å²) in [5.41, 5.74) is 3.47. The average Bonchev–Trinajstić information content (AvgIpc) is 3.02. The van der Waals surface area contributed by atoms with Gasteiger partial charge in [0.05, 0.1) is 18.6 Å². The van der Waals surface area contributed by atoms with E-state index in [4.69, 9.17) is 0 Å². The number of aromatic nitrogens is 4. The molecule has 130 valence electrons. The Bertz CT molecular complexity index is 1160. The van der Waals surface area contributed by atoms with Crippen molar-refractivity contribution in [2.45, 2.75) is 20.0 Å². The molecular weight excluding hydrogens is 330 g/mol. The lowest BCUT2D eigenvalue weighted by molar-refractivity contribution is -0.121. The Morgan fingerprint density at radius 3 is 2.92 bits per heavy atom. The Morgan fingerprint density at radius 1 is 1.23 bits per heavy atom. The first-order valence-corrected chi connectivity index (χ1v) is 8.26. The van der Waals surface area contributed by atoms with Crippen LogP contribution >= 0.6 is 0 Å². The number of hydrogen-bond donors (Lipinski definition) is 2. The topological polar surface area (TPSA) is 92.7 Å². The number of nitrogens with one attached hydrogen (secondary N) is 2. The van der Waals surface area contributed by atoms with Gasteiger partial charge in [-0.3, -0.25) is 19.1 Å². The minimum Gasteiger partial charge on any atom is -0.349 e. The molecule has 26 heavy (non-hydrogen) atoms. The quantitative estimate of drug-likeness (QED) is 0.590. The normalized spacial score (nSPS) is 11.1. The third-order valence-corrected chi connectivity index (χ3v) is 4.23. The number of H-pyrrole nitrogens is 1. The zero-order chi connectivity index (χ0) is 18.1. The molecule has 1 amide bonds. The van der Waals surface area contributed by atoms with Gasteiger partial charge in [0.15, 0.2) is 0 Å². The average molecular weight is 347 g/mol. The van der Waals surface area contributed by atoms with Gasteiger partial charge in [-0.05, 0) is 31.2 Å². The van der Waals surface area contributed by atoms with Gasteiger partial charge in [0.1, 0.15) is 17.6 Å². The van der Waals surface area contributed by atoms with Gasteiger partial charge < -0.3 is 10.3 Å². The second kappa shape index (κ2) is 6.44. The number of carbonyl (C=O) groups is 1. The van der Waals surface area contributed by atoms with Crippen molar-refractivity contribution in [3.05, 3.63) is 70.5 Å². The lowest BCUT2D eigenvalue weighted by atomic mass is 10.2. The van der Waals surface area contributed by atoms with Crippen LogP contribution < -0.4 is 10.9 Å². The summed E-state index contributed by atoms with van der Waals surface area (Å²) >= 11 is 0. The van der Waals surface area contributed by atoms with Crippen molar-refractivity contribution in [3.63, 3.8) is 0 Å². The molecule has 4 rings (SSSR count). The molecule has 0 spiro atoms. The first kappa shape index (κ1) is 16.0. The van der Waals surface area contributed by atoms with Crippen molar-refractivity contribution in [2.24, 2.45) is 0 Å². The van der Waals surface area contributed by atoms with Gasteiger partial charge >= 0.3 is 0 Å². The molecule has 4 aromatic rings. The Morgan fingerprint density at radius 2 is 2.12 bits per heavy atom. The highest BCUT2D eigenvalue weighted by Gasteiger charge is 2.12. The molecule has 3 heterocycles. The fraction of sp³-hybridized carbons (Fsp3) is 0.158. The largest absolute Gasteiger partial charge is 0.349 e. The lowest BCUT2D eigenvalue weighted by Crippen LogP contribution is -2.32. The highest BCUT2D eigenvalue weighted by molar-refractivity contribution is 6.04. The second-order valence-electron chi connectivity index (χ2n) is 6.17. The Kier molecular flexibility index (Phi) is 3.96. The first-order chi connectivity index (χ1) is 12.6. The van der Waals surface area contributed by atoms with E-state index in [0.717, 1.165) is 22.2 Å². The van der Waals surface area contributed by atoms with Crippen LogP contribution in [0, 0.1) is 6.92 Å². The number of benzene rings is 1. The molecule has 2 N–H and O–H groups in total. The summed E-state index contributed by atoms with van der Waals surface area (Å²) < 4.78 is 1.30. The second-order valence-corrected chi connectivity index (χ2v) is 6.17. The van der Waals surface area contributed by atoms with Crippen LogP contribution in [0.5, 0.6) is 0 Å². The fourth-order valence-corrected chi connectivity index (χ4v) is 2.92. The summed E-state index contributed by atoms with van der Waals surface area (Å²) in [7, 11) is 0. The van der Waals surface area contributed by atoms with Crippen LogP contribution in [-0.2, 0) is 17.9 Å². The number of fused-ring (bicyclic) bond motifs is 3.